The van der Waals surface area contributed by atoms with Crippen molar-refractivity contribution in [2.24, 2.45) is 5.92 Å². The van der Waals surface area contributed by atoms with Crippen LogP contribution in [0.5, 0.6) is 5.75 Å². The van der Waals surface area contributed by atoms with E-state index < -0.39 is 13.5 Å². The van der Waals surface area contributed by atoms with Gasteiger partial charge in [-0.1, -0.05) is 19.1 Å². The molecule has 0 amide bonds. The number of ether oxygens (including phenoxy) is 3. The first kappa shape index (κ1) is 22.8. The summed E-state index contributed by atoms with van der Waals surface area (Å²) in [4.78, 5) is 12.3. The first-order valence-electron chi connectivity index (χ1n) is 8.35. The minimum absolute atomic E-state index is 0.223. The fourth-order valence-corrected chi connectivity index (χ4v) is 3.51. The normalized spacial score (nSPS) is 14.0. The van der Waals surface area contributed by atoms with E-state index >= 15 is 0 Å². The van der Waals surface area contributed by atoms with Crippen LogP contribution in [-0.2, 0) is 34.5 Å². The number of rotatable bonds is 13. The Morgan fingerprint density at radius 2 is 1.69 bits per heavy atom. The lowest BCUT2D eigenvalue weighted by Gasteiger charge is -2.23. The number of hydrogen-bond acceptors (Lipinski definition) is 7. The lowest BCUT2D eigenvalue weighted by Crippen LogP contribution is -2.30. The van der Waals surface area contributed by atoms with Crippen molar-refractivity contribution in [3.8, 4) is 5.75 Å². The van der Waals surface area contributed by atoms with Gasteiger partial charge in [0.25, 0.3) is 0 Å². The highest BCUT2D eigenvalue weighted by Crippen LogP contribution is 2.46. The van der Waals surface area contributed by atoms with Gasteiger partial charge in [0.15, 0.2) is 0 Å². The monoisotopic (exact) mass is 388 g/mol. The molecule has 0 aliphatic rings. The van der Waals surface area contributed by atoms with Gasteiger partial charge in [-0.25, -0.2) is 0 Å². The van der Waals surface area contributed by atoms with Gasteiger partial charge in [0.2, 0.25) is 0 Å². The second-order valence-electron chi connectivity index (χ2n) is 5.85. The molecule has 0 fully saturated rings. The molecule has 8 heteroatoms. The number of carbonyl (C=O) groups is 1. The highest BCUT2D eigenvalue weighted by molar-refractivity contribution is 7.54. The largest absolute Gasteiger partial charge is 0.497 e. The summed E-state index contributed by atoms with van der Waals surface area (Å²) in [7, 11) is 2.34. The van der Waals surface area contributed by atoms with Gasteiger partial charge in [-0.2, -0.15) is 0 Å². The SMILES string of the molecule is COc1ccc(COCC[C@@H](OC)[C@@H](C)C(=O)CP(=O)(OC)OC)cc1. The van der Waals surface area contributed by atoms with Crippen LogP contribution in [-0.4, -0.2) is 53.1 Å². The third-order valence-corrected chi connectivity index (χ3v) is 6.06. The van der Waals surface area contributed by atoms with Gasteiger partial charge in [0.05, 0.1) is 19.8 Å². The summed E-state index contributed by atoms with van der Waals surface area (Å²) in [5.74, 6) is 0.132. The van der Waals surface area contributed by atoms with Crippen LogP contribution in [0.25, 0.3) is 0 Å². The number of benzene rings is 1. The summed E-state index contributed by atoms with van der Waals surface area (Å²) in [5, 5.41) is 0. The van der Waals surface area contributed by atoms with Gasteiger partial charge < -0.3 is 23.3 Å². The number of Topliss-reactive ketones (excluding diaryl/α,β-unsaturated/α-hetero) is 1. The second-order valence-corrected chi connectivity index (χ2v) is 8.12. The third-order valence-electron chi connectivity index (χ3n) is 4.25. The van der Waals surface area contributed by atoms with Crippen LogP contribution in [0.4, 0.5) is 0 Å². The summed E-state index contributed by atoms with van der Waals surface area (Å²) in [5.41, 5.74) is 1.03. The van der Waals surface area contributed by atoms with Gasteiger partial charge in [-0.15, -0.1) is 0 Å². The second kappa shape index (κ2) is 11.5. The topological polar surface area (TPSA) is 80.3 Å². The predicted molar refractivity (Wildman–Crippen MR) is 98.7 cm³/mol. The first-order valence-corrected chi connectivity index (χ1v) is 10.1. The smallest absolute Gasteiger partial charge is 0.337 e. The maximum atomic E-state index is 12.3. The van der Waals surface area contributed by atoms with Crippen molar-refractivity contribution in [3.63, 3.8) is 0 Å². The molecule has 1 aromatic carbocycles. The molecular weight excluding hydrogens is 359 g/mol. The van der Waals surface area contributed by atoms with Crippen molar-refractivity contribution in [2.45, 2.75) is 26.1 Å². The number of hydrogen-bond donors (Lipinski definition) is 0. The predicted octanol–water partition coefficient (Wildman–Crippen LogP) is 3.31. The molecule has 0 saturated heterocycles. The Bertz CT molecular complexity index is 580. The van der Waals surface area contributed by atoms with E-state index in [-0.39, 0.29) is 18.0 Å². The fraction of sp³-hybridized carbons (Fsp3) is 0.611. The molecule has 0 saturated carbocycles. The van der Waals surface area contributed by atoms with E-state index in [0.29, 0.717) is 19.6 Å². The molecule has 148 valence electrons. The molecule has 0 N–H and O–H groups in total. The molecule has 0 heterocycles. The van der Waals surface area contributed by atoms with E-state index in [1.807, 2.05) is 24.3 Å². The minimum Gasteiger partial charge on any atom is -0.497 e. The molecule has 2 atom stereocenters. The van der Waals surface area contributed by atoms with E-state index in [2.05, 4.69) is 0 Å². The standard InChI is InChI=1S/C18H29O7P/c1-14(17(19)13-26(20,23-4)24-5)18(22-3)10-11-25-12-15-6-8-16(21-2)9-7-15/h6-9,14,18H,10-13H2,1-5H3/t14-,18+/m0/s1. The van der Waals surface area contributed by atoms with Gasteiger partial charge in [0, 0.05) is 33.9 Å². The molecule has 0 spiro atoms. The van der Waals surface area contributed by atoms with Crippen LogP contribution in [0.1, 0.15) is 18.9 Å². The lowest BCUT2D eigenvalue weighted by atomic mass is 9.98. The Balaban J connectivity index is 2.45. The Hall–Kier alpha value is -1.24. The molecule has 0 bridgehead atoms. The Labute approximate surface area is 155 Å². The van der Waals surface area contributed by atoms with Crippen LogP contribution < -0.4 is 4.74 Å². The molecular formula is C18H29O7P. The van der Waals surface area contributed by atoms with E-state index in [9.17, 15) is 9.36 Å². The summed E-state index contributed by atoms with van der Waals surface area (Å²) < 4.78 is 37.9. The molecule has 0 unspecified atom stereocenters. The maximum absolute atomic E-state index is 12.3. The molecule has 1 rings (SSSR count). The zero-order chi connectivity index (χ0) is 19.6. The Morgan fingerprint density at radius 3 is 2.19 bits per heavy atom. The zero-order valence-electron chi connectivity index (χ0n) is 16.1. The van der Waals surface area contributed by atoms with Crippen molar-refractivity contribution in [2.75, 3.05) is 41.2 Å². The molecule has 7 nitrogen and oxygen atoms in total. The van der Waals surface area contributed by atoms with Crippen LogP contribution >= 0.6 is 7.60 Å². The highest BCUT2D eigenvalue weighted by Gasteiger charge is 2.31. The van der Waals surface area contributed by atoms with E-state index in [0.717, 1.165) is 11.3 Å². The number of methoxy groups -OCH3 is 2. The van der Waals surface area contributed by atoms with Crippen LogP contribution in [0.3, 0.4) is 0 Å². The summed E-state index contributed by atoms with van der Waals surface area (Å²) in [6.07, 6.45) is -0.0575. The highest BCUT2D eigenvalue weighted by atomic mass is 31.2. The summed E-state index contributed by atoms with van der Waals surface area (Å²) in [6.45, 7) is 2.65. The van der Waals surface area contributed by atoms with Crippen LogP contribution in [0, 0.1) is 5.92 Å². The first-order chi connectivity index (χ1) is 12.4. The lowest BCUT2D eigenvalue weighted by molar-refractivity contribution is -0.124. The van der Waals surface area contributed by atoms with Gasteiger partial charge in [0.1, 0.15) is 17.7 Å². The van der Waals surface area contributed by atoms with E-state index in [1.54, 1.807) is 21.1 Å². The fourth-order valence-electron chi connectivity index (χ4n) is 2.43. The van der Waals surface area contributed by atoms with E-state index in [1.165, 1.54) is 14.2 Å². The molecule has 0 radical (unpaired) electrons. The van der Waals surface area contributed by atoms with Crippen molar-refractivity contribution in [1.29, 1.82) is 0 Å². The van der Waals surface area contributed by atoms with E-state index in [4.69, 9.17) is 23.3 Å². The number of ketones is 1. The maximum Gasteiger partial charge on any atom is 0.337 e. The van der Waals surface area contributed by atoms with Crippen molar-refractivity contribution >= 4 is 13.4 Å². The van der Waals surface area contributed by atoms with Crippen molar-refractivity contribution in [1.82, 2.24) is 0 Å². The molecule has 0 aromatic heterocycles. The number of carbonyl (C=O) groups excluding carboxylic acids is 1. The molecule has 0 aliphatic carbocycles. The van der Waals surface area contributed by atoms with Gasteiger partial charge in [-0.05, 0) is 24.1 Å². The Kier molecular flexibility index (Phi) is 10.1. The molecule has 0 aliphatic heterocycles. The van der Waals surface area contributed by atoms with Crippen molar-refractivity contribution in [3.05, 3.63) is 29.8 Å². The van der Waals surface area contributed by atoms with Crippen molar-refractivity contribution < 1.29 is 32.6 Å². The van der Waals surface area contributed by atoms with Crippen LogP contribution in [0.2, 0.25) is 0 Å². The average Bonchev–Trinajstić information content (AvgIpc) is 2.67. The Morgan fingerprint density at radius 1 is 1.08 bits per heavy atom. The zero-order valence-corrected chi connectivity index (χ0v) is 17.0. The van der Waals surface area contributed by atoms with Crippen LogP contribution in [0.15, 0.2) is 24.3 Å². The van der Waals surface area contributed by atoms with Gasteiger partial charge in [-0.3, -0.25) is 9.36 Å². The summed E-state index contributed by atoms with van der Waals surface area (Å²) in [6, 6.07) is 7.63. The molecule has 1 aromatic rings. The molecule has 26 heavy (non-hydrogen) atoms. The average molecular weight is 388 g/mol. The third kappa shape index (κ3) is 7.17. The quantitative estimate of drug-likeness (QED) is 0.379. The van der Waals surface area contributed by atoms with Gasteiger partial charge >= 0.3 is 7.60 Å². The summed E-state index contributed by atoms with van der Waals surface area (Å²) >= 11 is 0. The minimum atomic E-state index is -3.37.